The third-order valence-corrected chi connectivity index (χ3v) is 5.45. The number of carbonyl (C=O) groups is 1. The van der Waals surface area contributed by atoms with Crippen LogP contribution in [0, 0.1) is 0 Å². The fourth-order valence-electron chi connectivity index (χ4n) is 3.61. The van der Waals surface area contributed by atoms with E-state index in [-0.39, 0.29) is 5.56 Å². The van der Waals surface area contributed by atoms with Crippen molar-refractivity contribution in [2.24, 2.45) is 0 Å². The number of hydrogen-bond donors (Lipinski definition) is 1. The molecular formula is C26H17ClF3NO2. The number of benzene rings is 3. The van der Waals surface area contributed by atoms with E-state index in [1.807, 2.05) is 30.3 Å². The normalized spacial score (nSPS) is 11.9. The zero-order chi connectivity index (χ0) is 23.6. The third-order valence-electron chi connectivity index (χ3n) is 5.22. The number of aromatic nitrogens is 1. The summed E-state index contributed by atoms with van der Waals surface area (Å²) in [4.78, 5) is 28.7. The maximum absolute atomic E-state index is 13.1. The van der Waals surface area contributed by atoms with Crippen LogP contribution in [-0.2, 0) is 12.6 Å². The number of hydrogen-bond acceptors (Lipinski definition) is 2. The molecule has 166 valence electrons. The third kappa shape index (κ3) is 5.07. The van der Waals surface area contributed by atoms with E-state index in [4.69, 9.17) is 11.6 Å². The van der Waals surface area contributed by atoms with Crippen LogP contribution in [0.2, 0.25) is 5.02 Å². The summed E-state index contributed by atoms with van der Waals surface area (Å²) in [6.45, 7) is 0. The minimum Gasteiger partial charge on any atom is -0.321 e. The average Bonchev–Trinajstić information content (AvgIpc) is 2.78. The molecule has 0 saturated heterocycles. The smallest absolute Gasteiger partial charge is 0.321 e. The second-order valence-corrected chi connectivity index (χ2v) is 7.91. The molecule has 0 bridgehead atoms. The molecule has 3 nitrogen and oxygen atoms in total. The number of alkyl halides is 3. The van der Waals surface area contributed by atoms with E-state index in [0.29, 0.717) is 33.5 Å². The number of H-pyrrole nitrogens is 1. The number of halogens is 4. The number of fused-ring (bicyclic) bond motifs is 1. The summed E-state index contributed by atoms with van der Waals surface area (Å²) < 4.78 is 38.3. The molecule has 1 N–H and O–H groups in total. The Labute approximate surface area is 192 Å². The molecule has 0 amide bonds. The summed E-state index contributed by atoms with van der Waals surface area (Å²) in [6.07, 6.45) is -1.53. The highest BCUT2D eigenvalue weighted by Crippen LogP contribution is 2.29. The second-order valence-electron chi connectivity index (χ2n) is 7.48. The first-order chi connectivity index (χ1) is 15.7. The molecule has 0 radical (unpaired) electrons. The van der Waals surface area contributed by atoms with Gasteiger partial charge in [0.25, 0.3) is 5.56 Å². The number of ketones is 1. The van der Waals surface area contributed by atoms with Crippen molar-refractivity contribution in [3.63, 3.8) is 0 Å². The van der Waals surface area contributed by atoms with Gasteiger partial charge in [0, 0.05) is 15.9 Å². The van der Waals surface area contributed by atoms with Gasteiger partial charge in [-0.25, -0.2) is 0 Å². The SMILES string of the molecule is O=C(/C=C/c1ccc(C(F)(F)F)cc1)c1c(Cc2ccccc2)c2cc(Cl)ccc2[nH]c1=O. The summed E-state index contributed by atoms with van der Waals surface area (Å²) in [6, 6.07) is 18.8. The minimum absolute atomic E-state index is 0.0308. The van der Waals surface area contributed by atoms with E-state index in [1.54, 1.807) is 18.2 Å². The van der Waals surface area contributed by atoms with Gasteiger partial charge in [0.15, 0.2) is 5.78 Å². The Morgan fingerprint density at radius 2 is 1.67 bits per heavy atom. The van der Waals surface area contributed by atoms with Gasteiger partial charge < -0.3 is 4.98 Å². The van der Waals surface area contributed by atoms with Crippen LogP contribution >= 0.6 is 11.6 Å². The maximum Gasteiger partial charge on any atom is 0.416 e. The molecule has 1 aromatic heterocycles. The van der Waals surface area contributed by atoms with Crippen LogP contribution in [0.3, 0.4) is 0 Å². The Kier molecular flexibility index (Phi) is 6.20. The molecule has 0 aliphatic heterocycles. The van der Waals surface area contributed by atoms with Crippen LogP contribution in [0.4, 0.5) is 13.2 Å². The predicted octanol–water partition coefficient (Wildman–Crippen LogP) is 6.69. The van der Waals surface area contributed by atoms with Gasteiger partial charge in [-0.2, -0.15) is 13.2 Å². The van der Waals surface area contributed by atoms with E-state index in [9.17, 15) is 22.8 Å². The van der Waals surface area contributed by atoms with Crippen LogP contribution in [-0.4, -0.2) is 10.8 Å². The van der Waals surface area contributed by atoms with E-state index in [1.165, 1.54) is 24.3 Å². The summed E-state index contributed by atoms with van der Waals surface area (Å²) in [7, 11) is 0. The van der Waals surface area contributed by atoms with E-state index < -0.39 is 23.1 Å². The van der Waals surface area contributed by atoms with Crippen LogP contribution in [0.1, 0.15) is 32.6 Å². The standard InChI is InChI=1S/C26H17ClF3NO2/c27-19-11-12-22-20(15-19)21(14-17-4-2-1-3-5-17)24(25(33)31-22)23(32)13-8-16-6-9-18(10-7-16)26(28,29)30/h1-13,15H,14H2,(H,31,33)/b13-8+. The van der Waals surface area contributed by atoms with Crippen molar-refractivity contribution in [2.75, 3.05) is 0 Å². The first-order valence-electron chi connectivity index (χ1n) is 10.0. The van der Waals surface area contributed by atoms with Crippen molar-refractivity contribution in [3.8, 4) is 0 Å². The average molecular weight is 468 g/mol. The molecule has 0 aliphatic rings. The van der Waals surface area contributed by atoms with Crippen molar-refractivity contribution in [3.05, 3.63) is 122 Å². The number of aromatic amines is 1. The number of carbonyl (C=O) groups excluding carboxylic acids is 1. The number of rotatable bonds is 5. The van der Waals surface area contributed by atoms with Gasteiger partial charge in [0.1, 0.15) is 0 Å². The molecule has 0 unspecified atom stereocenters. The van der Waals surface area contributed by atoms with Gasteiger partial charge in [-0.1, -0.05) is 60.1 Å². The van der Waals surface area contributed by atoms with Gasteiger partial charge >= 0.3 is 6.18 Å². The monoisotopic (exact) mass is 467 g/mol. The summed E-state index contributed by atoms with van der Waals surface area (Å²) in [5, 5.41) is 1.11. The number of allylic oxidation sites excluding steroid dienone is 1. The topological polar surface area (TPSA) is 49.9 Å². The van der Waals surface area contributed by atoms with Crippen LogP contribution in [0.25, 0.3) is 17.0 Å². The Balaban J connectivity index is 1.76. The highest BCUT2D eigenvalue weighted by molar-refractivity contribution is 6.31. The molecule has 4 aromatic rings. The molecule has 1 heterocycles. The maximum atomic E-state index is 13.1. The molecule has 33 heavy (non-hydrogen) atoms. The van der Waals surface area contributed by atoms with E-state index in [2.05, 4.69) is 4.98 Å². The molecular weight excluding hydrogens is 451 g/mol. The fourth-order valence-corrected chi connectivity index (χ4v) is 3.79. The van der Waals surface area contributed by atoms with E-state index in [0.717, 1.165) is 17.7 Å². The van der Waals surface area contributed by atoms with Crippen molar-refractivity contribution >= 4 is 34.4 Å². The van der Waals surface area contributed by atoms with Gasteiger partial charge in [0.2, 0.25) is 0 Å². The Morgan fingerprint density at radius 1 is 0.970 bits per heavy atom. The molecule has 3 aromatic carbocycles. The molecule has 0 spiro atoms. The lowest BCUT2D eigenvalue weighted by molar-refractivity contribution is -0.137. The Morgan fingerprint density at radius 3 is 2.33 bits per heavy atom. The molecule has 0 saturated carbocycles. The zero-order valence-corrected chi connectivity index (χ0v) is 17.9. The van der Waals surface area contributed by atoms with Gasteiger partial charge in [-0.05, 0) is 59.5 Å². The second kappa shape index (κ2) is 9.08. The lowest BCUT2D eigenvalue weighted by Crippen LogP contribution is -2.20. The number of nitrogens with one attached hydrogen (secondary N) is 1. The van der Waals surface area contributed by atoms with Crippen LogP contribution in [0.5, 0.6) is 0 Å². The van der Waals surface area contributed by atoms with Crippen LogP contribution in [0.15, 0.2) is 83.7 Å². The highest BCUT2D eigenvalue weighted by Gasteiger charge is 2.29. The highest BCUT2D eigenvalue weighted by atomic mass is 35.5. The summed E-state index contributed by atoms with van der Waals surface area (Å²) >= 11 is 6.18. The van der Waals surface area contributed by atoms with Crippen LogP contribution < -0.4 is 5.56 Å². The molecule has 4 rings (SSSR count). The lowest BCUT2D eigenvalue weighted by Gasteiger charge is -2.12. The summed E-state index contributed by atoms with van der Waals surface area (Å²) in [5.74, 6) is -0.552. The molecule has 0 atom stereocenters. The van der Waals surface area contributed by atoms with Gasteiger partial charge in [-0.15, -0.1) is 0 Å². The van der Waals surface area contributed by atoms with E-state index >= 15 is 0 Å². The van der Waals surface area contributed by atoms with Gasteiger partial charge in [0.05, 0.1) is 11.1 Å². The Bertz CT molecular complexity index is 1410. The van der Waals surface area contributed by atoms with Crippen molar-refractivity contribution in [1.29, 1.82) is 0 Å². The van der Waals surface area contributed by atoms with Crippen molar-refractivity contribution in [1.82, 2.24) is 4.98 Å². The Hall–Kier alpha value is -3.64. The first kappa shape index (κ1) is 22.6. The first-order valence-corrected chi connectivity index (χ1v) is 10.4. The molecule has 7 heteroatoms. The van der Waals surface area contributed by atoms with Crippen molar-refractivity contribution in [2.45, 2.75) is 12.6 Å². The number of pyridine rings is 1. The molecule has 0 aliphatic carbocycles. The quantitative estimate of drug-likeness (QED) is 0.262. The summed E-state index contributed by atoms with van der Waals surface area (Å²) in [5.41, 5.74) is 1.04. The van der Waals surface area contributed by atoms with Crippen molar-refractivity contribution < 1.29 is 18.0 Å². The zero-order valence-electron chi connectivity index (χ0n) is 17.1. The lowest BCUT2D eigenvalue weighted by atomic mass is 9.94. The largest absolute Gasteiger partial charge is 0.416 e. The predicted molar refractivity (Wildman–Crippen MR) is 124 cm³/mol. The molecule has 0 fully saturated rings. The minimum atomic E-state index is -4.44. The fraction of sp³-hybridized carbons (Fsp3) is 0.0769. The van der Waals surface area contributed by atoms with Gasteiger partial charge in [-0.3, -0.25) is 9.59 Å².